The molecule has 21 heavy (non-hydrogen) atoms. The van der Waals surface area contributed by atoms with E-state index in [1.807, 2.05) is 0 Å². The fourth-order valence-electron chi connectivity index (χ4n) is 1.60. The monoisotopic (exact) mass is 318 g/mol. The van der Waals surface area contributed by atoms with Crippen molar-refractivity contribution < 1.29 is 18.0 Å². The van der Waals surface area contributed by atoms with Gasteiger partial charge >= 0.3 is 6.18 Å². The van der Waals surface area contributed by atoms with Crippen LogP contribution >= 0.6 is 11.6 Å². The number of nitrogens with zero attached hydrogens (tertiary/aromatic N) is 1. The summed E-state index contributed by atoms with van der Waals surface area (Å²) in [4.78, 5) is 11.7. The van der Waals surface area contributed by atoms with Crippen molar-refractivity contribution in [2.75, 3.05) is 5.73 Å². The largest absolute Gasteiger partial charge is 0.432 e. The lowest BCUT2D eigenvalue weighted by Crippen LogP contribution is -2.23. The molecule has 0 atom stereocenters. The minimum absolute atomic E-state index is 0.0153. The van der Waals surface area contributed by atoms with Crippen LogP contribution in [0.2, 0.25) is 5.02 Å². The van der Waals surface area contributed by atoms with Gasteiger partial charge in [-0.2, -0.15) is 18.3 Å². The van der Waals surface area contributed by atoms with Crippen LogP contribution in [0, 0.1) is 0 Å². The second-order valence-corrected chi connectivity index (χ2v) is 4.56. The van der Waals surface area contributed by atoms with Gasteiger partial charge in [0, 0.05) is 28.9 Å². The molecule has 4 N–H and O–H groups in total. The highest BCUT2D eigenvalue weighted by Crippen LogP contribution is 2.27. The van der Waals surface area contributed by atoms with E-state index in [1.165, 1.54) is 0 Å². The second-order valence-electron chi connectivity index (χ2n) is 4.15. The number of hydrogen-bond donors (Lipinski definition) is 3. The average molecular weight is 319 g/mol. The molecule has 0 fully saturated rings. The van der Waals surface area contributed by atoms with Gasteiger partial charge in [-0.05, 0) is 12.1 Å². The number of aromatic nitrogens is 2. The smallest absolute Gasteiger partial charge is 0.398 e. The Morgan fingerprint density at radius 3 is 2.71 bits per heavy atom. The van der Waals surface area contributed by atoms with Gasteiger partial charge in [0.15, 0.2) is 5.69 Å². The van der Waals surface area contributed by atoms with Gasteiger partial charge in [0.1, 0.15) is 5.69 Å². The molecule has 0 aliphatic heterocycles. The molecule has 1 aromatic carbocycles. The number of carbonyl (C=O) groups is 1. The number of aromatic amines is 1. The van der Waals surface area contributed by atoms with Crippen molar-refractivity contribution in [3.8, 4) is 0 Å². The second kappa shape index (κ2) is 5.65. The minimum Gasteiger partial charge on any atom is -0.398 e. The number of H-pyrrole nitrogens is 1. The number of benzene rings is 1. The molecule has 0 unspecified atom stereocenters. The number of anilines is 1. The van der Waals surface area contributed by atoms with Gasteiger partial charge in [-0.3, -0.25) is 9.89 Å². The lowest BCUT2D eigenvalue weighted by molar-refractivity contribution is -0.141. The van der Waals surface area contributed by atoms with Crippen LogP contribution in [0.15, 0.2) is 24.3 Å². The molecule has 0 aliphatic rings. The van der Waals surface area contributed by atoms with Gasteiger partial charge in [0.25, 0.3) is 5.91 Å². The lowest BCUT2D eigenvalue weighted by Gasteiger charge is -2.08. The van der Waals surface area contributed by atoms with E-state index in [0.717, 1.165) is 0 Å². The first-order chi connectivity index (χ1) is 9.79. The van der Waals surface area contributed by atoms with Crippen molar-refractivity contribution >= 4 is 23.2 Å². The Balaban J connectivity index is 2.07. The summed E-state index contributed by atoms with van der Waals surface area (Å²) < 4.78 is 37.2. The van der Waals surface area contributed by atoms with Gasteiger partial charge in [-0.1, -0.05) is 17.7 Å². The molecule has 5 nitrogen and oxygen atoms in total. The highest BCUT2D eigenvalue weighted by Gasteiger charge is 2.33. The van der Waals surface area contributed by atoms with E-state index in [9.17, 15) is 18.0 Å². The van der Waals surface area contributed by atoms with Crippen molar-refractivity contribution in [2.24, 2.45) is 0 Å². The molecule has 0 bridgehead atoms. The first-order valence-electron chi connectivity index (χ1n) is 5.72. The first kappa shape index (κ1) is 15.2. The Kier molecular flexibility index (Phi) is 4.08. The highest BCUT2D eigenvalue weighted by molar-refractivity contribution is 6.31. The average Bonchev–Trinajstić information content (AvgIpc) is 2.87. The quantitative estimate of drug-likeness (QED) is 0.761. The molecular formula is C12H10ClF3N4O. The Hall–Kier alpha value is -2.22. The number of halogens is 4. The lowest BCUT2D eigenvalue weighted by atomic mass is 10.2. The number of hydrogen-bond acceptors (Lipinski definition) is 3. The summed E-state index contributed by atoms with van der Waals surface area (Å²) in [6, 6.07) is 5.47. The van der Waals surface area contributed by atoms with Crippen LogP contribution in [0.25, 0.3) is 0 Å². The van der Waals surface area contributed by atoms with Gasteiger partial charge in [0.2, 0.25) is 0 Å². The zero-order valence-corrected chi connectivity index (χ0v) is 11.2. The predicted molar refractivity (Wildman–Crippen MR) is 70.6 cm³/mol. The molecule has 1 amide bonds. The van der Waals surface area contributed by atoms with E-state index < -0.39 is 17.8 Å². The van der Waals surface area contributed by atoms with Crippen LogP contribution in [0.1, 0.15) is 21.7 Å². The van der Waals surface area contributed by atoms with Crippen LogP contribution in [-0.2, 0) is 12.7 Å². The molecular weight excluding hydrogens is 309 g/mol. The number of nitrogens with two attached hydrogens (primary N) is 1. The van der Waals surface area contributed by atoms with Crippen molar-refractivity contribution in [1.82, 2.24) is 15.5 Å². The maximum atomic E-state index is 12.4. The Morgan fingerprint density at radius 2 is 2.14 bits per heavy atom. The molecule has 0 aliphatic carbocycles. The number of alkyl halides is 3. The van der Waals surface area contributed by atoms with E-state index in [2.05, 4.69) is 10.4 Å². The van der Waals surface area contributed by atoms with Crippen LogP contribution in [0.3, 0.4) is 0 Å². The van der Waals surface area contributed by atoms with Gasteiger partial charge in [-0.25, -0.2) is 0 Å². The van der Waals surface area contributed by atoms with Gasteiger partial charge < -0.3 is 11.1 Å². The SMILES string of the molecule is Nc1cccc(Cl)c1CNC(=O)c1cc(C(F)(F)F)[nH]n1. The third-order valence-corrected chi connectivity index (χ3v) is 3.05. The number of nitrogens with one attached hydrogen (secondary N) is 2. The maximum absolute atomic E-state index is 12.4. The Morgan fingerprint density at radius 1 is 1.43 bits per heavy atom. The van der Waals surface area contributed by atoms with Gasteiger partial charge in [0.05, 0.1) is 0 Å². The molecule has 0 saturated carbocycles. The fourth-order valence-corrected chi connectivity index (χ4v) is 1.85. The molecule has 9 heteroatoms. The summed E-state index contributed by atoms with van der Waals surface area (Å²) in [5.74, 6) is -0.763. The number of nitrogen functional groups attached to an aromatic ring is 1. The fraction of sp³-hybridized carbons (Fsp3) is 0.167. The van der Waals surface area contributed by atoms with E-state index in [-0.39, 0.29) is 12.2 Å². The van der Waals surface area contributed by atoms with Crippen molar-refractivity contribution in [1.29, 1.82) is 0 Å². The van der Waals surface area contributed by atoms with Crippen molar-refractivity contribution in [2.45, 2.75) is 12.7 Å². The normalized spacial score (nSPS) is 11.4. The van der Waals surface area contributed by atoms with Crippen molar-refractivity contribution in [3.05, 3.63) is 46.2 Å². The molecule has 0 saturated heterocycles. The number of rotatable bonds is 3. The summed E-state index contributed by atoms with van der Waals surface area (Å²) >= 11 is 5.92. The van der Waals surface area contributed by atoms with Crippen LogP contribution in [-0.4, -0.2) is 16.1 Å². The molecule has 112 valence electrons. The molecule has 0 spiro atoms. The standard InChI is InChI=1S/C12H10ClF3N4O/c13-7-2-1-3-8(17)6(7)5-18-11(21)9-4-10(20-19-9)12(14,15)16/h1-4H,5,17H2,(H,18,21)(H,19,20). The molecule has 1 aromatic heterocycles. The predicted octanol–water partition coefficient (Wildman–Crippen LogP) is 2.59. The minimum atomic E-state index is -4.58. The van der Waals surface area contributed by atoms with Gasteiger partial charge in [-0.15, -0.1) is 0 Å². The summed E-state index contributed by atoms with van der Waals surface area (Å²) in [7, 11) is 0. The van der Waals surface area contributed by atoms with Crippen LogP contribution in [0.4, 0.5) is 18.9 Å². The van der Waals surface area contributed by atoms with E-state index >= 15 is 0 Å². The van der Waals surface area contributed by atoms with Crippen molar-refractivity contribution in [3.63, 3.8) is 0 Å². The topological polar surface area (TPSA) is 83.8 Å². The Bertz CT molecular complexity index is 649. The third kappa shape index (κ3) is 3.46. The zero-order chi connectivity index (χ0) is 15.6. The molecule has 2 rings (SSSR count). The summed E-state index contributed by atoms with van der Waals surface area (Å²) in [5, 5.41) is 7.84. The van der Waals surface area contributed by atoms with E-state index in [0.29, 0.717) is 22.3 Å². The summed E-state index contributed by atoms with van der Waals surface area (Å²) in [6.45, 7) is -0.0153. The zero-order valence-electron chi connectivity index (χ0n) is 10.5. The highest BCUT2D eigenvalue weighted by atomic mass is 35.5. The Labute approximate surface area is 122 Å². The summed E-state index contributed by atoms with van der Waals surface area (Å²) in [5.41, 5.74) is 5.10. The van der Waals surface area contributed by atoms with E-state index in [4.69, 9.17) is 17.3 Å². The molecule has 1 heterocycles. The van der Waals surface area contributed by atoms with Crippen LogP contribution in [0.5, 0.6) is 0 Å². The number of carbonyl (C=O) groups excluding carboxylic acids is 1. The third-order valence-electron chi connectivity index (χ3n) is 2.70. The maximum Gasteiger partial charge on any atom is 0.432 e. The molecule has 0 radical (unpaired) electrons. The summed E-state index contributed by atoms with van der Waals surface area (Å²) in [6.07, 6.45) is -4.58. The number of amides is 1. The van der Waals surface area contributed by atoms with E-state index in [1.54, 1.807) is 23.3 Å². The molecule has 2 aromatic rings. The van der Waals surface area contributed by atoms with Crippen LogP contribution < -0.4 is 11.1 Å². The first-order valence-corrected chi connectivity index (χ1v) is 6.10.